The first-order valence-corrected chi connectivity index (χ1v) is 8.72. The average molecular weight is 302 g/mol. The Hall–Kier alpha value is -1.35. The third kappa shape index (κ3) is 4.57. The minimum atomic E-state index is 0.512. The number of para-hydroxylation sites is 1. The molecule has 21 heavy (non-hydrogen) atoms. The number of thiazole rings is 1. The van der Waals surface area contributed by atoms with E-state index >= 15 is 0 Å². The van der Waals surface area contributed by atoms with Crippen LogP contribution in [-0.4, -0.2) is 4.57 Å². The van der Waals surface area contributed by atoms with E-state index in [1.807, 2.05) is 18.2 Å². The van der Waals surface area contributed by atoms with Crippen molar-refractivity contribution in [1.29, 1.82) is 0 Å². The molecule has 0 bridgehead atoms. The third-order valence-electron chi connectivity index (χ3n) is 3.75. The highest BCUT2D eigenvalue weighted by molar-refractivity contribution is 7.07. The summed E-state index contributed by atoms with van der Waals surface area (Å²) in [5.41, 5.74) is 2.34. The van der Waals surface area contributed by atoms with Crippen LogP contribution < -0.4 is 4.80 Å². The predicted octanol–water partition coefficient (Wildman–Crippen LogP) is 5.48. The molecule has 0 aliphatic rings. The standard InChI is InChI=1S/C18H26N2S/c1-14(2)9-8-10-15(3)20-16(4)13-21-18(20)19-17-11-6-5-7-12-17/h5-7,11-15H,8-10H2,1-4H3. The van der Waals surface area contributed by atoms with Gasteiger partial charge in [0.15, 0.2) is 4.80 Å². The maximum Gasteiger partial charge on any atom is 0.190 e. The van der Waals surface area contributed by atoms with Crippen LogP contribution in [0.2, 0.25) is 0 Å². The van der Waals surface area contributed by atoms with E-state index in [2.05, 4.69) is 49.8 Å². The number of hydrogen-bond donors (Lipinski definition) is 0. The van der Waals surface area contributed by atoms with E-state index in [-0.39, 0.29) is 0 Å². The van der Waals surface area contributed by atoms with Crippen LogP contribution in [0, 0.1) is 12.8 Å². The molecule has 2 aromatic rings. The van der Waals surface area contributed by atoms with Gasteiger partial charge in [0.2, 0.25) is 0 Å². The molecule has 1 aromatic carbocycles. The van der Waals surface area contributed by atoms with Gasteiger partial charge in [0.25, 0.3) is 0 Å². The molecule has 0 aliphatic heterocycles. The first-order chi connectivity index (χ1) is 10.1. The SMILES string of the molecule is Cc1csc(=Nc2ccccc2)n1C(C)CCCC(C)C. The van der Waals surface area contributed by atoms with Crippen molar-refractivity contribution >= 4 is 17.0 Å². The smallest absolute Gasteiger partial charge is 0.190 e. The Labute approximate surface area is 132 Å². The maximum atomic E-state index is 4.81. The van der Waals surface area contributed by atoms with E-state index in [1.54, 1.807) is 11.3 Å². The zero-order chi connectivity index (χ0) is 15.2. The van der Waals surface area contributed by atoms with Gasteiger partial charge in [-0.3, -0.25) is 0 Å². The summed E-state index contributed by atoms with van der Waals surface area (Å²) in [5.74, 6) is 0.791. The van der Waals surface area contributed by atoms with Gasteiger partial charge in [0.05, 0.1) is 5.69 Å². The lowest BCUT2D eigenvalue weighted by Crippen LogP contribution is -2.20. The molecule has 0 spiro atoms. The quantitative estimate of drug-likeness (QED) is 0.672. The van der Waals surface area contributed by atoms with E-state index in [4.69, 9.17) is 4.99 Å². The van der Waals surface area contributed by atoms with Gasteiger partial charge in [-0.15, -0.1) is 11.3 Å². The molecule has 2 rings (SSSR count). The lowest BCUT2D eigenvalue weighted by Gasteiger charge is -2.16. The van der Waals surface area contributed by atoms with Crippen molar-refractivity contribution in [3.63, 3.8) is 0 Å². The maximum absolute atomic E-state index is 4.81. The summed E-state index contributed by atoms with van der Waals surface area (Å²) in [6.07, 6.45) is 3.81. The minimum absolute atomic E-state index is 0.512. The molecular formula is C18H26N2S. The summed E-state index contributed by atoms with van der Waals surface area (Å²) >= 11 is 1.74. The van der Waals surface area contributed by atoms with E-state index in [0.717, 1.165) is 16.4 Å². The van der Waals surface area contributed by atoms with Crippen LogP contribution >= 0.6 is 11.3 Å². The van der Waals surface area contributed by atoms with E-state index < -0.39 is 0 Å². The van der Waals surface area contributed by atoms with Crippen LogP contribution in [0.1, 0.15) is 51.8 Å². The molecule has 1 heterocycles. The molecule has 1 aromatic heterocycles. The van der Waals surface area contributed by atoms with Crippen molar-refractivity contribution in [2.24, 2.45) is 10.9 Å². The third-order valence-corrected chi connectivity index (χ3v) is 4.70. The Balaban J connectivity index is 2.20. The second-order valence-electron chi connectivity index (χ2n) is 6.15. The Morgan fingerprint density at radius 3 is 2.48 bits per heavy atom. The van der Waals surface area contributed by atoms with Gasteiger partial charge in [-0.25, -0.2) is 4.99 Å². The zero-order valence-corrected chi connectivity index (χ0v) is 14.4. The summed E-state index contributed by atoms with van der Waals surface area (Å²) in [6, 6.07) is 10.7. The van der Waals surface area contributed by atoms with Crippen LogP contribution in [0.15, 0.2) is 40.7 Å². The van der Waals surface area contributed by atoms with Crippen molar-refractivity contribution in [3.05, 3.63) is 46.2 Å². The van der Waals surface area contributed by atoms with E-state index in [0.29, 0.717) is 6.04 Å². The van der Waals surface area contributed by atoms with Crippen molar-refractivity contribution in [3.8, 4) is 0 Å². The number of aromatic nitrogens is 1. The first-order valence-electron chi connectivity index (χ1n) is 7.84. The average Bonchev–Trinajstić information content (AvgIpc) is 2.80. The molecule has 0 N–H and O–H groups in total. The van der Waals surface area contributed by atoms with Crippen LogP contribution in [0.3, 0.4) is 0 Å². The normalized spacial score (nSPS) is 13.9. The van der Waals surface area contributed by atoms with Crippen molar-refractivity contribution in [1.82, 2.24) is 4.57 Å². The molecule has 1 atom stereocenters. The highest BCUT2D eigenvalue weighted by Gasteiger charge is 2.10. The molecule has 2 nitrogen and oxygen atoms in total. The molecule has 0 amide bonds. The lowest BCUT2D eigenvalue weighted by atomic mass is 10.0. The second-order valence-corrected chi connectivity index (χ2v) is 6.99. The van der Waals surface area contributed by atoms with Gasteiger partial charge in [-0.2, -0.15) is 0 Å². The largest absolute Gasteiger partial charge is 0.318 e. The van der Waals surface area contributed by atoms with Crippen LogP contribution in [0.4, 0.5) is 5.69 Å². The van der Waals surface area contributed by atoms with Crippen LogP contribution in [0.25, 0.3) is 0 Å². The summed E-state index contributed by atoms with van der Waals surface area (Å²) < 4.78 is 2.39. The first kappa shape index (κ1) is 16.0. The summed E-state index contributed by atoms with van der Waals surface area (Å²) in [4.78, 5) is 5.91. The molecule has 0 radical (unpaired) electrons. The van der Waals surface area contributed by atoms with Crippen molar-refractivity contribution in [2.75, 3.05) is 0 Å². The number of rotatable bonds is 6. The van der Waals surface area contributed by atoms with Gasteiger partial charge < -0.3 is 4.57 Å². The second kappa shape index (κ2) is 7.60. The Morgan fingerprint density at radius 2 is 1.81 bits per heavy atom. The van der Waals surface area contributed by atoms with Crippen molar-refractivity contribution < 1.29 is 0 Å². The highest BCUT2D eigenvalue weighted by Crippen LogP contribution is 2.19. The molecule has 0 aliphatic carbocycles. The predicted molar refractivity (Wildman–Crippen MR) is 92.1 cm³/mol. The summed E-state index contributed by atoms with van der Waals surface area (Å²) in [5, 5.41) is 2.21. The number of benzene rings is 1. The molecule has 114 valence electrons. The number of aryl methyl sites for hydroxylation is 1. The fraction of sp³-hybridized carbons (Fsp3) is 0.500. The number of hydrogen-bond acceptors (Lipinski definition) is 2. The molecular weight excluding hydrogens is 276 g/mol. The van der Waals surface area contributed by atoms with Gasteiger partial charge >= 0.3 is 0 Å². The van der Waals surface area contributed by atoms with Gasteiger partial charge in [0, 0.05) is 17.1 Å². The zero-order valence-electron chi connectivity index (χ0n) is 13.5. The Morgan fingerprint density at radius 1 is 1.10 bits per heavy atom. The molecule has 0 fully saturated rings. The van der Waals surface area contributed by atoms with E-state index in [1.165, 1.54) is 25.0 Å². The monoisotopic (exact) mass is 302 g/mol. The Kier molecular flexibility index (Phi) is 5.80. The van der Waals surface area contributed by atoms with Gasteiger partial charge in [-0.1, -0.05) is 44.9 Å². The van der Waals surface area contributed by atoms with Gasteiger partial charge in [-0.05, 0) is 38.3 Å². The molecule has 0 saturated carbocycles. The molecule has 0 saturated heterocycles. The lowest BCUT2D eigenvalue weighted by molar-refractivity contribution is 0.436. The van der Waals surface area contributed by atoms with Gasteiger partial charge in [0.1, 0.15) is 0 Å². The number of nitrogens with zero attached hydrogens (tertiary/aromatic N) is 2. The summed E-state index contributed by atoms with van der Waals surface area (Å²) in [7, 11) is 0. The Bertz CT molecular complexity index is 608. The summed E-state index contributed by atoms with van der Waals surface area (Å²) in [6.45, 7) is 9.08. The van der Waals surface area contributed by atoms with E-state index in [9.17, 15) is 0 Å². The molecule has 3 heteroatoms. The fourth-order valence-corrected chi connectivity index (χ4v) is 3.57. The van der Waals surface area contributed by atoms with Crippen LogP contribution in [-0.2, 0) is 0 Å². The molecule has 1 unspecified atom stereocenters. The minimum Gasteiger partial charge on any atom is -0.318 e. The highest BCUT2D eigenvalue weighted by atomic mass is 32.1. The fourth-order valence-electron chi connectivity index (χ4n) is 2.58. The van der Waals surface area contributed by atoms with Crippen molar-refractivity contribution in [2.45, 2.75) is 53.0 Å². The van der Waals surface area contributed by atoms with Crippen LogP contribution in [0.5, 0.6) is 0 Å². The topological polar surface area (TPSA) is 17.3 Å².